The van der Waals surface area contributed by atoms with E-state index in [1.165, 1.54) is 11.1 Å². The van der Waals surface area contributed by atoms with Crippen molar-refractivity contribution < 1.29 is 0 Å². The minimum Gasteiger partial charge on any atom is -0.297 e. The van der Waals surface area contributed by atoms with Crippen molar-refractivity contribution in [2.24, 2.45) is 0 Å². The Morgan fingerprint density at radius 2 is 1.56 bits per heavy atom. The maximum Gasteiger partial charge on any atom is 0.0236 e. The van der Waals surface area contributed by atoms with Crippen molar-refractivity contribution in [3.63, 3.8) is 0 Å². The molecule has 1 aromatic carbocycles. The van der Waals surface area contributed by atoms with Gasteiger partial charge in [-0.2, -0.15) is 0 Å². The van der Waals surface area contributed by atoms with Crippen LogP contribution in [0.5, 0.6) is 0 Å². The zero-order chi connectivity index (χ0) is 12.1. The summed E-state index contributed by atoms with van der Waals surface area (Å²) in [6.07, 6.45) is 0. The fraction of sp³-hybridized carbons (Fsp3) is 0.600. The Labute approximate surface area is 100 Å². The first-order valence-electron chi connectivity index (χ1n) is 6.37. The highest BCUT2D eigenvalue weighted by molar-refractivity contribution is 5.24. The van der Waals surface area contributed by atoms with Crippen molar-refractivity contribution in [2.75, 3.05) is 6.54 Å². The van der Waals surface area contributed by atoms with Crippen LogP contribution < -0.4 is 0 Å². The third kappa shape index (κ3) is 3.64. The third-order valence-corrected chi connectivity index (χ3v) is 3.17. The molecule has 0 saturated carbocycles. The molecule has 1 aromatic rings. The molecular weight excluding hydrogens is 194 g/mol. The largest absolute Gasteiger partial charge is 0.297 e. The third-order valence-electron chi connectivity index (χ3n) is 3.17. The maximum atomic E-state index is 2.48. The summed E-state index contributed by atoms with van der Waals surface area (Å²) < 4.78 is 0. The Kier molecular flexibility index (Phi) is 5.01. The first kappa shape index (κ1) is 13.2. The summed E-state index contributed by atoms with van der Waals surface area (Å²) in [4.78, 5) is 2.48. The minimum atomic E-state index is 0.620. The molecule has 90 valence electrons. The number of hydrogen-bond acceptors (Lipinski definition) is 1. The highest BCUT2D eigenvalue weighted by Gasteiger charge is 2.07. The van der Waals surface area contributed by atoms with E-state index in [0.29, 0.717) is 12.0 Å². The van der Waals surface area contributed by atoms with Crippen molar-refractivity contribution in [3.8, 4) is 0 Å². The topological polar surface area (TPSA) is 3.24 Å². The number of rotatable bonds is 5. The van der Waals surface area contributed by atoms with E-state index in [9.17, 15) is 0 Å². The first-order chi connectivity index (χ1) is 7.54. The maximum absolute atomic E-state index is 2.48. The minimum absolute atomic E-state index is 0.620. The van der Waals surface area contributed by atoms with Crippen LogP contribution in [0.15, 0.2) is 24.3 Å². The van der Waals surface area contributed by atoms with Crippen LogP contribution in [0.2, 0.25) is 0 Å². The van der Waals surface area contributed by atoms with Gasteiger partial charge in [0.2, 0.25) is 0 Å². The van der Waals surface area contributed by atoms with Crippen LogP contribution >= 0.6 is 0 Å². The molecule has 0 amide bonds. The Bertz CT molecular complexity index is 298. The Hall–Kier alpha value is -0.820. The van der Waals surface area contributed by atoms with Gasteiger partial charge in [-0.15, -0.1) is 0 Å². The second kappa shape index (κ2) is 6.05. The van der Waals surface area contributed by atoms with E-state index in [0.717, 1.165) is 13.1 Å². The monoisotopic (exact) mass is 219 g/mol. The summed E-state index contributed by atoms with van der Waals surface area (Å²) in [5.41, 5.74) is 2.84. The van der Waals surface area contributed by atoms with Gasteiger partial charge in [0, 0.05) is 12.6 Å². The predicted molar refractivity (Wildman–Crippen MR) is 71.8 cm³/mol. The summed E-state index contributed by atoms with van der Waals surface area (Å²) in [7, 11) is 0. The molecule has 0 heterocycles. The van der Waals surface area contributed by atoms with Crippen LogP contribution in [0.4, 0.5) is 0 Å². The van der Waals surface area contributed by atoms with E-state index in [1.54, 1.807) is 0 Å². The van der Waals surface area contributed by atoms with Gasteiger partial charge in [0.25, 0.3) is 0 Å². The fourth-order valence-corrected chi connectivity index (χ4v) is 1.90. The lowest BCUT2D eigenvalue weighted by molar-refractivity contribution is 0.225. The molecule has 0 unspecified atom stereocenters. The van der Waals surface area contributed by atoms with Gasteiger partial charge in [-0.05, 0) is 37.4 Å². The molecule has 0 bridgehead atoms. The summed E-state index contributed by atoms with van der Waals surface area (Å²) in [6.45, 7) is 13.4. The average Bonchev–Trinajstić information content (AvgIpc) is 2.26. The summed E-state index contributed by atoms with van der Waals surface area (Å²) in [5, 5.41) is 0. The summed E-state index contributed by atoms with van der Waals surface area (Å²) in [6, 6.07) is 9.66. The first-order valence-corrected chi connectivity index (χ1v) is 6.37. The molecular formula is C15H25N. The lowest BCUT2D eigenvalue weighted by atomic mass is 10.0. The number of benzene rings is 1. The lowest BCUT2D eigenvalue weighted by Gasteiger charge is -2.24. The smallest absolute Gasteiger partial charge is 0.0236 e. The highest BCUT2D eigenvalue weighted by atomic mass is 15.1. The standard InChI is InChI=1S/C15H25N/c1-6-16(13(4)5)11-14-7-9-15(10-8-14)12(2)3/h7-10,12-13H,6,11H2,1-5H3. The SMILES string of the molecule is CCN(Cc1ccc(C(C)C)cc1)C(C)C. The van der Waals surface area contributed by atoms with Gasteiger partial charge in [-0.3, -0.25) is 4.90 Å². The van der Waals surface area contributed by atoms with E-state index < -0.39 is 0 Å². The fourth-order valence-electron chi connectivity index (χ4n) is 1.90. The van der Waals surface area contributed by atoms with Gasteiger partial charge < -0.3 is 0 Å². The molecule has 0 aliphatic rings. The lowest BCUT2D eigenvalue weighted by Crippen LogP contribution is -2.29. The van der Waals surface area contributed by atoms with Crippen molar-refractivity contribution in [2.45, 2.75) is 53.1 Å². The van der Waals surface area contributed by atoms with Crippen molar-refractivity contribution in [1.82, 2.24) is 4.90 Å². The van der Waals surface area contributed by atoms with Crippen molar-refractivity contribution >= 4 is 0 Å². The summed E-state index contributed by atoms with van der Waals surface area (Å²) >= 11 is 0. The van der Waals surface area contributed by atoms with Crippen LogP contribution in [-0.2, 0) is 6.54 Å². The van der Waals surface area contributed by atoms with Crippen LogP contribution in [0.25, 0.3) is 0 Å². The molecule has 0 radical (unpaired) electrons. The van der Waals surface area contributed by atoms with Crippen LogP contribution in [-0.4, -0.2) is 17.5 Å². The van der Waals surface area contributed by atoms with Gasteiger partial charge in [0.05, 0.1) is 0 Å². The van der Waals surface area contributed by atoms with Crippen LogP contribution in [0.3, 0.4) is 0 Å². The van der Waals surface area contributed by atoms with E-state index in [2.05, 4.69) is 63.8 Å². The second-order valence-electron chi connectivity index (χ2n) is 5.05. The Balaban J connectivity index is 2.67. The molecule has 0 N–H and O–H groups in total. The molecule has 0 saturated heterocycles. The number of hydrogen-bond donors (Lipinski definition) is 0. The summed E-state index contributed by atoms with van der Waals surface area (Å²) in [5.74, 6) is 0.626. The zero-order valence-electron chi connectivity index (χ0n) is 11.3. The molecule has 0 aliphatic carbocycles. The molecule has 0 aromatic heterocycles. The molecule has 1 nitrogen and oxygen atoms in total. The molecule has 0 atom stereocenters. The van der Waals surface area contributed by atoms with E-state index in [1.807, 2.05) is 0 Å². The van der Waals surface area contributed by atoms with Crippen LogP contribution in [0, 0.1) is 0 Å². The molecule has 1 rings (SSSR count). The highest BCUT2D eigenvalue weighted by Crippen LogP contribution is 2.16. The van der Waals surface area contributed by atoms with Gasteiger partial charge >= 0.3 is 0 Å². The van der Waals surface area contributed by atoms with Gasteiger partial charge in [0.1, 0.15) is 0 Å². The number of nitrogens with zero attached hydrogens (tertiary/aromatic N) is 1. The van der Waals surface area contributed by atoms with E-state index in [-0.39, 0.29) is 0 Å². The van der Waals surface area contributed by atoms with Gasteiger partial charge in [0.15, 0.2) is 0 Å². The second-order valence-corrected chi connectivity index (χ2v) is 5.05. The van der Waals surface area contributed by atoms with Crippen molar-refractivity contribution in [1.29, 1.82) is 0 Å². The molecule has 0 aliphatic heterocycles. The van der Waals surface area contributed by atoms with E-state index in [4.69, 9.17) is 0 Å². The molecule has 1 heteroatoms. The Morgan fingerprint density at radius 1 is 1.00 bits per heavy atom. The van der Waals surface area contributed by atoms with Crippen molar-refractivity contribution in [3.05, 3.63) is 35.4 Å². The van der Waals surface area contributed by atoms with Gasteiger partial charge in [-0.25, -0.2) is 0 Å². The predicted octanol–water partition coefficient (Wildman–Crippen LogP) is 4.04. The molecule has 0 fully saturated rings. The Morgan fingerprint density at radius 3 is 1.94 bits per heavy atom. The molecule has 16 heavy (non-hydrogen) atoms. The average molecular weight is 219 g/mol. The van der Waals surface area contributed by atoms with E-state index >= 15 is 0 Å². The molecule has 0 spiro atoms. The normalized spacial score (nSPS) is 11.8. The van der Waals surface area contributed by atoms with Crippen LogP contribution in [0.1, 0.15) is 51.7 Å². The zero-order valence-corrected chi connectivity index (χ0v) is 11.3. The quantitative estimate of drug-likeness (QED) is 0.722. The van der Waals surface area contributed by atoms with Gasteiger partial charge in [-0.1, -0.05) is 45.0 Å².